The van der Waals surface area contributed by atoms with Crippen molar-refractivity contribution in [1.29, 1.82) is 0 Å². The van der Waals surface area contributed by atoms with Gasteiger partial charge in [0, 0.05) is 11.6 Å². The lowest BCUT2D eigenvalue weighted by Crippen LogP contribution is -2.31. The lowest BCUT2D eigenvalue weighted by molar-refractivity contribution is -0.121. The molecule has 1 aromatic heterocycles. The fraction of sp³-hybridized carbons (Fsp3) is 0.478. The number of aryl methyl sites for hydroxylation is 1. The van der Waals surface area contributed by atoms with Gasteiger partial charge in [-0.1, -0.05) is 25.3 Å². The van der Waals surface area contributed by atoms with Gasteiger partial charge in [0.1, 0.15) is 11.4 Å². The molecule has 1 aromatic carbocycles. The molecule has 6 N–H and O–H groups in total. The summed E-state index contributed by atoms with van der Waals surface area (Å²) < 4.78 is 1.32. The van der Waals surface area contributed by atoms with Gasteiger partial charge in [-0.3, -0.25) is 9.59 Å². The molecule has 1 unspecified atom stereocenters. The maximum absolute atomic E-state index is 12.5. The number of carboxylic acids is 1. The minimum absolute atomic E-state index is 0.0705. The number of hydrogen-bond donors (Lipinski definition) is 4. The summed E-state index contributed by atoms with van der Waals surface area (Å²) in [6.07, 6.45) is 6.52. The van der Waals surface area contributed by atoms with Crippen LogP contribution in [0.2, 0.25) is 0 Å². The van der Waals surface area contributed by atoms with Crippen LogP contribution >= 0.6 is 0 Å². The number of primary amides is 1. The molecule has 2 aromatic rings. The van der Waals surface area contributed by atoms with Crippen molar-refractivity contribution in [1.82, 2.24) is 15.1 Å². The second kappa shape index (κ2) is 8.64. The van der Waals surface area contributed by atoms with Gasteiger partial charge in [0.05, 0.1) is 17.3 Å². The number of carbonyl (C=O) groups is 3. The summed E-state index contributed by atoms with van der Waals surface area (Å²) in [7, 11) is 0. The van der Waals surface area contributed by atoms with Crippen molar-refractivity contribution in [2.75, 3.05) is 5.73 Å². The number of nitrogens with one attached hydrogen (secondary N) is 1. The van der Waals surface area contributed by atoms with Crippen LogP contribution in [0.25, 0.3) is 5.69 Å². The monoisotopic (exact) mass is 439 g/mol. The predicted octanol–water partition coefficient (Wildman–Crippen LogP) is 2.50. The van der Waals surface area contributed by atoms with Crippen LogP contribution in [0.3, 0.4) is 0 Å². The van der Waals surface area contributed by atoms with Gasteiger partial charge in [0.2, 0.25) is 5.91 Å². The van der Waals surface area contributed by atoms with E-state index in [2.05, 4.69) is 10.4 Å². The molecule has 2 aliphatic rings. The number of anilines is 1. The molecule has 2 aliphatic carbocycles. The zero-order valence-corrected chi connectivity index (χ0v) is 18.1. The van der Waals surface area contributed by atoms with Crippen LogP contribution in [-0.4, -0.2) is 38.7 Å². The highest BCUT2D eigenvalue weighted by Gasteiger charge is 2.37. The number of carboxylic acid groups (broad SMARTS) is 1. The topological polar surface area (TPSA) is 153 Å². The second-order valence-corrected chi connectivity index (χ2v) is 8.89. The van der Waals surface area contributed by atoms with E-state index in [0.29, 0.717) is 11.3 Å². The van der Waals surface area contributed by atoms with Crippen LogP contribution < -0.4 is 16.8 Å². The number of benzene rings is 1. The maximum atomic E-state index is 12.5. The number of carbonyl (C=O) groups excluding carboxylic acids is 2. The molecular weight excluding hydrogens is 410 g/mol. The number of aromatic nitrogens is 2. The fourth-order valence-corrected chi connectivity index (χ4v) is 4.60. The summed E-state index contributed by atoms with van der Waals surface area (Å²) in [4.78, 5) is 37.1. The van der Waals surface area contributed by atoms with E-state index in [1.165, 1.54) is 4.68 Å². The first-order chi connectivity index (χ1) is 15.3. The zero-order chi connectivity index (χ0) is 23.0. The fourth-order valence-electron chi connectivity index (χ4n) is 4.60. The van der Waals surface area contributed by atoms with E-state index >= 15 is 0 Å². The number of nitrogens with two attached hydrogens (primary N) is 2. The average Bonchev–Trinajstić information content (AvgIpc) is 3.50. The van der Waals surface area contributed by atoms with Gasteiger partial charge in [-0.2, -0.15) is 5.10 Å². The molecular formula is C23H29N5O4. The highest BCUT2D eigenvalue weighted by atomic mass is 16.4. The number of rotatable bonds is 7. The number of nitrogens with zero attached hydrogens (tertiary/aromatic N) is 2. The molecule has 2 saturated carbocycles. The average molecular weight is 440 g/mol. The molecule has 0 bridgehead atoms. The minimum Gasteiger partial charge on any atom is -0.477 e. The van der Waals surface area contributed by atoms with Crippen LogP contribution in [0, 0.1) is 12.8 Å². The zero-order valence-electron chi connectivity index (χ0n) is 18.1. The first-order valence-corrected chi connectivity index (χ1v) is 11.1. The van der Waals surface area contributed by atoms with Gasteiger partial charge >= 0.3 is 5.97 Å². The van der Waals surface area contributed by atoms with Gasteiger partial charge in [-0.05, 0) is 56.2 Å². The molecule has 4 rings (SSSR count). The van der Waals surface area contributed by atoms with Crippen molar-refractivity contribution in [2.45, 2.75) is 63.8 Å². The molecule has 0 spiro atoms. The Morgan fingerprint density at radius 3 is 2.44 bits per heavy atom. The van der Waals surface area contributed by atoms with Gasteiger partial charge in [-0.15, -0.1) is 0 Å². The van der Waals surface area contributed by atoms with Gasteiger partial charge in [0.25, 0.3) is 5.91 Å². The van der Waals surface area contributed by atoms with E-state index in [0.717, 1.165) is 50.5 Å². The maximum Gasteiger partial charge on any atom is 0.341 e. The van der Waals surface area contributed by atoms with Crippen LogP contribution in [0.1, 0.15) is 82.8 Å². The third-order valence-corrected chi connectivity index (χ3v) is 6.50. The summed E-state index contributed by atoms with van der Waals surface area (Å²) >= 11 is 0. The third kappa shape index (κ3) is 4.19. The van der Waals surface area contributed by atoms with Gasteiger partial charge in [0.15, 0.2) is 0 Å². The number of amides is 2. The molecule has 170 valence electrons. The van der Waals surface area contributed by atoms with Crippen molar-refractivity contribution >= 4 is 23.6 Å². The van der Waals surface area contributed by atoms with Crippen molar-refractivity contribution in [3.63, 3.8) is 0 Å². The van der Waals surface area contributed by atoms with E-state index in [9.17, 15) is 19.5 Å². The summed E-state index contributed by atoms with van der Waals surface area (Å²) in [5, 5.41) is 17.4. The lowest BCUT2D eigenvalue weighted by atomic mass is 9.77. The molecule has 32 heavy (non-hydrogen) atoms. The molecule has 1 atom stereocenters. The molecule has 0 saturated heterocycles. The van der Waals surface area contributed by atoms with E-state index in [1.807, 2.05) is 6.92 Å². The smallest absolute Gasteiger partial charge is 0.341 e. The summed E-state index contributed by atoms with van der Waals surface area (Å²) in [6.45, 7) is 1.83. The van der Waals surface area contributed by atoms with E-state index < -0.39 is 17.8 Å². The molecule has 9 nitrogen and oxygen atoms in total. The Hall–Kier alpha value is -3.36. The Balaban J connectivity index is 1.79. The predicted molar refractivity (Wildman–Crippen MR) is 119 cm³/mol. The van der Waals surface area contributed by atoms with Crippen LogP contribution in [0.4, 0.5) is 5.82 Å². The number of aromatic carboxylic acids is 1. The first-order valence-electron chi connectivity index (χ1n) is 11.1. The normalized spacial score (nSPS) is 17.7. The van der Waals surface area contributed by atoms with Crippen molar-refractivity contribution in [2.24, 2.45) is 11.7 Å². The minimum atomic E-state index is -1.26. The van der Waals surface area contributed by atoms with Gasteiger partial charge < -0.3 is 21.9 Å². The quantitative estimate of drug-likeness (QED) is 0.520. The van der Waals surface area contributed by atoms with Crippen LogP contribution in [0.5, 0.6) is 0 Å². The molecule has 0 aliphatic heterocycles. The second-order valence-electron chi connectivity index (χ2n) is 8.89. The molecule has 9 heteroatoms. The largest absolute Gasteiger partial charge is 0.477 e. The molecule has 0 radical (unpaired) electrons. The standard InChI is InChI=1S/C23H29N5O4/c1-12-7-8-14(22(30)26-15-9-10-15)11-16(12)28-20(24)18(23(31)32)19(27-28)17(21(25)29)13-5-3-2-4-6-13/h7-8,11,13,15,17H,2-6,9-10,24H2,1H3,(H2,25,29)(H,26,30)(H,31,32). The number of nitrogen functional groups attached to an aromatic ring is 1. The highest BCUT2D eigenvalue weighted by molar-refractivity contribution is 5.98. The SMILES string of the molecule is Cc1ccc(C(=O)NC2CC2)cc1-n1nc(C(C(N)=O)C2CCCCC2)c(C(=O)O)c1N. The lowest BCUT2D eigenvalue weighted by Gasteiger charge is -2.27. The van der Waals surface area contributed by atoms with Crippen LogP contribution in [-0.2, 0) is 4.79 Å². The van der Waals surface area contributed by atoms with Crippen LogP contribution in [0.15, 0.2) is 18.2 Å². The first kappa shape index (κ1) is 21.9. The van der Waals surface area contributed by atoms with E-state index in [1.54, 1.807) is 18.2 Å². The molecule has 1 heterocycles. The Morgan fingerprint density at radius 2 is 1.84 bits per heavy atom. The molecule has 2 fully saturated rings. The van der Waals surface area contributed by atoms with E-state index in [4.69, 9.17) is 11.5 Å². The summed E-state index contributed by atoms with van der Waals surface area (Å²) in [6, 6.07) is 5.33. The van der Waals surface area contributed by atoms with Crippen molar-refractivity contribution < 1.29 is 19.5 Å². The highest BCUT2D eigenvalue weighted by Crippen LogP contribution is 2.38. The van der Waals surface area contributed by atoms with Gasteiger partial charge in [-0.25, -0.2) is 9.48 Å². The Labute approximate surface area is 186 Å². The summed E-state index contributed by atoms with van der Waals surface area (Å²) in [5.74, 6) is -3.04. The Kier molecular flexibility index (Phi) is 5.90. The van der Waals surface area contributed by atoms with E-state index in [-0.39, 0.29) is 34.9 Å². The Morgan fingerprint density at radius 1 is 1.16 bits per heavy atom. The molecule has 2 amide bonds. The number of hydrogen-bond acceptors (Lipinski definition) is 5. The van der Waals surface area contributed by atoms with Crippen molar-refractivity contribution in [3.05, 3.63) is 40.6 Å². The Bertz CT molecular complexity index is 1070. The van der Waals surface area contributed by atoms with Crippen molar-refractivity contribution in [3.8, 4) is 5.69 Å². The third-order valence-electron chi connectivity index (χ3n) is 6.50. The summed E-state index contributed by atoms with van der Waals surface area (Å²) in [5.41, 5.74) is 13.6.